The van der Waals surface area contributed by atoms with E-state index >= 15 is 0 Å². The molecule has 182 valence electrons. The van der Waals surface area contributed by atoms with Crippen LogP contribution in [-0.2, 0) is 20.7 Å². The molecule has 0 radical (unpaired) electrons. The van der Waals surface area contributed by atoms with Crippen molar-refractivity contribution in [3.63, 3.8) is 0 Å². The summed E-state index contributed by atoms with van der Waals surface area (Å²) in [6, 6.07) is 16.5. The molecule has 1 aliphatic heterocycles. The fraction of sp³-hybridized carbons (Fsp3) is 0.280. The fourth-order valence-corrected chi connectivity index (χ4v) is 5.59. The molecule has 2 heterocycles. The van der Waals surface area contributed by atoms with Gasteiger partial charge in [-0.15, -0.1) is 11.3 Å². The van der Waals surface area contributed by atoms with Crippen LogP contribution < -0.4 is 10.6 Å². The second kappa shape index (κ2) is 11.6. The van der Waals surface area contributed by atoms with E-state index in [1.165, 1.54) is 16.9 Å². The normalized spacial score (nSPS) is 15.5. The lowest BCUT2D eigenvalue weighted by atomic mass is 10.1. The summed E-state index contributed by atoms with van der Waals surface area (Å²) in [4.78, 5) is 39.8. The molecule has 1 unspecified atom stereocenters. The van der Waals surface area contributed by atoms with Crippen molar-refractivity contribution < 1.29 is 19.1 Å². The number of halogens is 1. The van der Waals surface area contributed by atoms with Crippen LogP contribution in [0.25, 0.3) is 10.1 Å². The number of hydrogen-bond acceptors (Lipinski definition) is 6. The van der Waals surface area contributed by atoms with Gasteiger partial charge in [0.2, 0.25) is 5.91 Å². The second-order valence-corrected chi connectivity index (χ2v) is 9.83. The van der Waals surface area contributed by atoms with E-state index in [1.54, 1.807) is 4.90 Å². The Morgan fingerprint density at radius 1 is 1.17 bits per heavy atom. The third-order valence-corrected chi connectivity index (χ3v) is 7.64. The number of carbonyl (C=O) groups excluding carboxylic acids is 3. The maximum Gasteiger partial charge on any atom is 0.308 e. The zero-order valence-corrected chi connectivity index (χ0v) is 21.2. The highest BCUT2D eigenvalue weighted by Crippen LogP contribution is 2.35. The quantitative estimate of drug-likeness (QED) is 0.274. The number of nitrogens with one attached hydrogen (secondary N) is 2. The van der Waals surface area contributed by atoms with Gasteiger partial charge >= 0.3 is 5.97 Å². The van der Waals surface area contributed by atoms with E-state index in [0.29, 0.717) is 29.4 Å². The van der Waals surface area contributed by atoms with Crippen molar-refractivity contribution in [2.75, 3.05) is 19.7 Å². The topological polar surface area (TPSA) is 87.7 Å². The maximum absolute atomic E-state index is 12.9. The van der Waals surface area contributed by atoms with Gasteiger partial charge in [0.25, 0.3) is 5.91 Å². The molecule has 35 heavy (non-hydrogen) atoms. The smallest absolute Gasteiger partial charge is 0.308 e. The molecule has 0 saturated carbocycles. The maximum atomic E-state index is 12.9. The van der Waals surface area contributed by atoms with Gasteiger partial charge in [-0.25, -0.2) is 0 Å². The number of ether oxygens (including phenoxy) is 1. The number of rotatable bonds is 7. The molecule has 1 atom stereocenters. The molecule has 0 spiro atoms. The number of esters is 1. The van der Waals surface area contributed by atoms with E-state index in [4.69, 9.17) is 28.6 Å². The monoisotopic (exact) mass is 529 g/mol. The van der Waals surface area contributed by atoms with Crippen LogP contribution in [0.4, 0.5) is 0 Å². The summed E-state index contributed by atoms with van der Waals surface area (Å²) in [5, 5.41) is 6.64. The van der Waals surface area contributed by atoms with Crippen LogP contribution in [0.1, 0.15) is 28.1 Å². The molecule has 7 nitrogen and oxygen atoms in total. The Hall–Kier alpha value is -3.01. The molecule has 0 aliphatic carbocycles. The van der Waals surface area contributed by atoms with Gasteiger partial charge < -0.3 is 15.0 Å². The Bertz CT molecular complexity index is 1250. The van der Waals surface area contributed by atoms with Gasteiger partial charge in [-0.05, 0) is 36.7 Å². The number of amides is 2. The lowest BCUT2D eigenvalue weighted by Gasteiger charge is -2.36. The first-order chi connectivity index (χ1) is 16.9. The van der Waals surface area contributed by atoms with Crippen molar-refractivity contribution in [3.05, 3.63) is 70.1 Å². The average Bonchev–Trinajstić information content (AvgIpc) is 3.20. The zero-order valence-electron chi connectivity index (χ0n) is 18.8. The van der Waals surface area contributed by atoms with Crippen molar-refractivity contribution in [3.8, 4) is 0 Å². The number of thiocarbonyl (C=S) groups is 1. The molecule has 1 aromatic heterocycles. The molecule has 0 bridgehead atoms. The predicted molar refractivity (Wildman–Crippen MR) is 141 cm³/mol. The van der Waals surface area contributed by atoms with E-state index in [-0.39, 0.29) is 24.0 Å². The number of aryl methyl sites for hydroxylation is 1. The summed E-state index contributed by atoms with van der Waals surface area (Å²) in [6.45, 7) is 0.964. The highest BCUT2D eigenvalue weighted by Gasteiger charge is 2.34. The number of thiophene rings is 1. The van der Waals surface area contributed by atoms with Crippen LogP contribution in [0.3, 0.4) is 0 Å². The number of piperazine rings is 1. The Labute approximate surface area is 217 Å². The Kier molecular flexibility index (Phi) is 8.33. The van der Waals surface area contributed by atoms with Crippen molar-refractivity contribution in [2.24, 2.45) is 0 Å². The fourth-order valence-electron chi connectivity index (χ4n) is 3.87. The van der Waals surface area contributed by atoms with E-state index in [9.17, 15) is 14.4 Å². The van der Waals surface area contributed by atoms with Crippen LogP contribution in [0.2, 0.25) is 5.02 Å². The van der Waals surface area contributed by atoms with E-state index < -0.39 is 17.9 Å². The van der Waals surface area contributed by atoms with Crippen LogP contribution in [0.15, 0.2) is 54.6 Å². The molecule has 2 N–H and O–H groups in total. The van der Waals surface area contributed by atoms with Crippen molar-refractivity contribution >= 4 is 68.1 Å². The van der Waals surface area contributed by atoms with E-state index in [1.807, 2.05) is 54.6 Å². The summed E-state index contributed by atoms with van der Waals surface area (Å²) < 4.78 is 6.24. The third-order valence-electron chi connectivity index (χ3n) is 5.63. The van der Waals surface area contributed by atoms with Crippen molar-refractivity contribution in [2.45, 2.75) is 25.3 Å². The summed E-state index contributed by atoms with van der Waals surface area (Å²) in [5.41, 5.74) is 1.17. The number of carbonyl (C=O) groups is 3. The van der Waals surface area contributed by atoms with Gasteiger partial charge in [0, 0.05) is 23.2 Å². The van der Waals surface area contributed by atoms with Crippen LogP contribution in [-0.4, -0.2) is 53.5 Å². The number of fused-ring (bicyclic) bond motifs is 1. The van der Waals surface area contributed by atoms with Crippen molar-refractivity contribution in [1.82, 2.24) is 15.5 Å². The Balaban J connectivity index is 1.34. The number of benzene rings is 2. The van der Waals surface area contributed by atoms with Crippen LogP contribution >= 0.6 is 35.2 Å². The minimum Gasteiger partial charge on any atom is -0.466 e. The number of nitrogens with zero attached hydrogens (tertiary/aromatic N) is 1. The second-order valence-electron chi connectivity index (χ2n) is 8.01. The Morgan fingerprint density at radius 3 is 2.69 bits per heavy atom. The molecule has 2 aromatic carbocycles. The van der Waals surface area contributed by atoms with Crippen molar-refractivity contribution in [1.29, 1.82) is 0 Å². The molecular weight excluding hydrogens is 506 g/mol. The first-order valence-electron chi connectivity index (χ1n) is 11.2. The summed E-state index contributed by atoms with van der Waals surface area (Å²) >= 11 is 13.1. The minimum absolute atomic E-state index is 0.0697. The SMILES string of the molecule is O=C(CC1C(=O)NCCN1C(=S)NC(=O)c1sc2ccccc2c1Cl)OCCCc1ccccc1. The largest absolute Gasteiger partial charge is 0.466 e. The number of hydrogen-bond donors (Lipinski definition) is 2. The van der Waals surface area contributed by atoms with Gasteiger partial charge in [0.15, 0.2) is 5.11 Å². The molecule has 3 aromatic rings. The molecule has 1 fully saturated rings. The molecule has 10 heteroatoms. The van der Waals surface area contributed by atoms with E-state index in [0.717, 1.165) is 16.5 Å². The third kappa shape index (κ3) is 6.17. The van der Waals surface area contributed by atoms with E-state index in [2.05, 4.69) is 10.6 Å². The highest BCUT2D eigenvalue weighted by molar-refractivity contribution is 7.80. The first kappa shape index (κ1) is 25.1. The molecule has 1 saturated heterocycles. The van der Waals surface area contributed by atoms with Gasteiger partial charge in [0.05, 0.1) is 18.1 Å². The first-order valence-corrected chi connectivity index (χ1v) is 12.8. The zero-order chi connectivity index (χ0) is 24.8. The van der Waals surface area contributed by atoms with Gasteiger partial charge in [0.1, 0.15) is 10.9 Å². The predicted octanol–water partition coefficient (Wildman–Crippen LogP) is 3.94. The van der Waals surface area contributed by atoms with Gasteiger partial charge in [-0.2, -0.15) is 0 Å². The molecular formula is C25H24ClN3O4S2. The summed E-state index contributed by atoms with van der Waals surface area (Å²) in [6.07, 6.45) is 1.30. The minimum atomic E-state index is -0.865. The van der Waals surface area contributed by atoms with Gasteiger partial charge in [-0.3, -0.25) is 19.7 Å². The average molecular weight is 530 g/mol. The lowest BCUT2D eigenvalue weighted by molar-refractivity contribution is -0.147. The summed E-state index contributed by atoms with van der Waals surface area (Å²) in [5.74, 6) is -1.28. The molecule has 2 amide bonds. The standard InChI is InChI=1S/C25H24ClN3O4S2/c26-21-17-10-4-5-11-19(17)35-22(21)24(32)28-25(34)29-13-12-27-23(31)18(29)15-20(30)33-14-6-9-16-7-2-1-3-8-16/h1-5,7-8,10-11,18H,6,9,12-15H2,(H,27,31)(H,28,32,34). The molecule has 1 aliphatic rings. The van der Waals surface area contributed by atoms with Crippen LogP contribution in [0.5, 0.6) is 0 Å². The lowest BCUT2D eigenvalue weighted by Crippen LogP contribution is -2.60. The summed E-state index contributed by atoms with van der Waals surface area (Å²) in [7, 11) is 0. The highest BCUT2D eigenvalue weighted by atomic mass is 35.5. The molecule has 4 rings (SSSR count). The van der Waals surface area contributed by atoms with Gasteiger partial charge in [-0.1, -0.05) is 60.1 Å². The Morgan fingerprint density at radius 2 is 1.91 bits per heavy atom. The van der Waals surface area contributed by atoms with Crippen LogP contribution in [0, 0.1) is 0 Å².